The molecule has 36 heavy (non-hydrogen) atoms. The van der Waals surface area contributed by atoms with Gasteiger partial charge in [-0.15, -0.1) is 0 Å². The van der Waals surface area contributed by atoms with Gasteiger partial charge in [0, 0.05) is 45.6 Å². The first-order valence-corrected chi connectivity index (χ1v) is 12.6. The number of phenolic OH excluding ortho intramolecular Hbond substituents is 1. The molecule has 0 bridgehead atoms. The van der Waals surface area contributed by atoms with Gasteiger partial charge in [0.1, 0.15) is 5.75 Å². The molecule has 1 aromatic rings. The normalized spacial score (nSPS) is 27.4. The third-order valence-electron chi connectivity index (χ3n) is 7.73. The van der Waals surface area contributed by atoms with Gasteiger partial charge in [-0.05, 0) is 56.4 Å². The summed E-state index contributed by atoms with van der Waals surface area (Å²) >= 11 is 3.43. The number of fused-ring (bicyclic) bond motifs is 3. The van der Waals surface area contributed by atoms with Crippen LogP contribution in [0.15, 0.2) is 57.1 Å². The topological polar surface area (TPSA) is 129 Å². The van der Waals surface area contributed by atoms with E-state index < -0.39 is 29.6 Å². The lowest BCUT2D eigenvalue weighted by molar-refractivity contribution is -0.142. The number of likely N-dealkylation sites (tertiary alicyclic amines) is 1. The number of carboxylic acids is 1. The summed E-state index contributed by atoms with van der Waals surface area (Å²) in [5.41, 5.74) is 2.18. The summed E-state index contributed by atoms with van der Waals surface area (Å²) in [6, 6.07) is 4.90. The van der Waals surface area contributed by atoms with Gasteiger partial charge in [0.15, 0.2) is 11.6 Å². The van der Waals surface area contributed by atoms with Crippen LogP contribution in [0.4, 0.5) is 0 Å². The van der Waals surface area contributed by atoms with Gasteiger partial charge in [-0.2, -0.15) is 0 Å². The molecule has 0 radical (unpaired) electrons. The Kier molecular flexibility index (Phi) is 6.06. The van der Waals surface area contributed by atoms with Gasteiger partial charge in [0.2, 0.25) is 11.8 Å². The summed E-state index contributed by atoms with van der Waals surface area (Å²) < 4.78 is 0.687. The molecule has 0 saturated carbocycles. The third-order valence-corrected chi connectivity index (χ3v) is 8.22. The van der Waals surface area contributed by atoms with Crippen molar-refractivity contribution in [2.75, 3.05) is 6.54 Å². The lowest BCUT2D eigenvalue weighted by atomic mass is 9.59. The Labute approximate surface area is 215 Å². The second-order valence-corrected chi connectivity index (χ2v) is 10.7. The Morgan fingerprint density at radius 1 is 1.14 bits per heavy atom. The molecule has 1 aromatic carbocycles. The van der Waals surface area contributed by atoms with Crippen LogP contribution < -0.4 is 0 Å². The van der Waals surface area contributed by atoms with Gasteiger partial charge in [-0.1, -0.05) is 27.6 Å². The number of carboxylic acid groups (broad SMARTS) is 1. The van der Waals surface area contributed by atoms with Gasteiger partial charge < -0.3 is 10.2 Å². The maximum Gasteiger partial charge on any atom is 0.303 e. The third kappa shape index (κ3) is 3.77. The molecule has 4 aliphatic rings. The van der Waals surface area contributed by atoms with E-state index in [2.05, 4.69) is 15.9 Å². The molecule has 0 unspecified atom stereocenters. The zero-order valence-electron chi connectivity index (χ0n) is 19.5. The number of ketones is 2. The van der Waals surface area contributed by atoms with E-state index in [-0.39, 0.29) is 54.9 Å². The first-order valence-electron chi connectivity index (χ1n) is 11.9. The molecule has 186 valence electrons. The van der Waals surface area contributed by atoms with E-state index in [1.165, 1.54) is 12.1 Å². The van der Waals surface area contributed by atoms with Crippen molar-refractivity contribution in [2.45, 2.75) is 38.5 Å². The van der Waals surface area contributed by atoms with E-state index >= 15 is 0 Å². The number of nitrogens with zero attached hydrogens (tertiary/aromatic N) is 1. The Balaban J connectivity index is 1.60. The first kappa shape index (κ1) is 24.4. The number of phenols is 1. The highest BCUT2D eigenvalue weighted by molar-refractivity contribution is 9.10. The number of halogens is 1. The number of hydrogen-bond acceptors (Lipinski definition) is 6. The van der Waals surface area contributed by atoms with E-state index in [9.17, 15) is 29.1 Å². The Morgan fingerprint density at radius 3 is 2.61 bits per heavy atom. The molecule has 2 N–H and O–H groups in total. The molecular formula is C27H24BrNO7. The van der Waals surface area contributed by atoms with Gasteiger partial charge in [-0.3, -0.25) is 28.9 Å². The van der Waals surface area contributed by atoms with E-state index in [1.807, 2.05) is 6.08 Å². The second kappa shape index (κ2) is 8.96. The average molecular weight is 554 g/mol. The fourth-order valence-corrected chi connectivity index (χ4v) is 6.53. The van der Waals surface area contributed by atoms with Crippen LogP contribution in [-0.4, -0.2) is 51.0 Å². The Morgan fingerprint density at radius 2 is 1.89 bits per heavy atom. The highest BCUT2D eigenvalue weighted by Crippen LogP contribution is 2.56. The summed E-state index contributed by atoms with van der Waals surface area (Å²) in [6.07, 6.45) is 3.66. The quantitative estimate of drug-likeness (QED) is 0.324. The molecule has 1 aliphatic heterocycles. The summed E-state index contributed by atoms with van der Waals surface area (Å²) in [4.78, 5) is 65.2. The molecule has 4 atom stereocenters. The maximum absolute atomic E-state index is 13.5. The van der Waals surface area contributed by atoms with Gasteiger partial charge in [0.25, 0.3) is 0 Å². The van der Waals surface area contributed by atoms with Crippen molar-refractivity contribution in [3.05, 3.63) is 62.7 Å². The minimum atomic E-state index is -0.997. The summed E-state index contributed by atoms with van der Waals surface area (Å²) in [7, 11) is 0. The van der Waals surface area contributed by atoms with Crippen LogP contribution in [0.2, 0.25) is 0 Å². The first-order chi connectivity index (χ1) is 17.1. The van der Waals surface area contributed by atoms with Gasteiger partial charge in [-0.25, -0.2) is 0 Å². The number of benzene rings is 1. The van der Waals surface area contributed by atoms with Crippen molar-refractivity contribution in [3.63, 3.8) is 0 Å². The fourth-order valence-electron chi connectivity index (χ4n) is 6.15. The largest absolute Gasteiger partial charge is 0.508 e. The Bertz CT molecular complexity index is 1340. The van der Waals surface area contributed by atoms with Crippen molar-refractivity contribution < 1.29 is 34.2 Å². The number of allylic oxidation sites excluding steroid dienone is 6. The average Bonchev–Trinajstić information content (AvgIpc) is 3.07. The predicted octanol–water partition coefficient (Wildman–Crippen LogP) is 3.45. The van der Waals surface area contributed by atoms with Crippen LogP contribution in [0.25, 0.3) is 0 Å². The number of hydrogen-bond donors (Lipinski definition) is 2. The standard InChI is InChI=1S/C27H24BrNO7/c1-12-9-20(31)18-11-16-14(22(24(18)25(12)34)17-10-13(28)4-7-19(17)30)5-6-15-23(16)27(36)29(26(15)35)8-2-3-21(32)33/h4-5,7,9-10,15-16,22-23,30H,2-3,6,8,11H2,1H3,(H,32,33)/t15-,16+,22+,23-/m0/s1. The molecule has 1 heterocycles. The second-order valence-electron chi connectivity index (χ2n) is 9.76. The molecule has 5 rings (SSSR count). The summed E-state index contributed by atoms with van der Waals surface area (Å²) in [6.45, 7) is 1.62. The molecule has 2 amide bonds. The van der Waals surface area contributed by atoms with Crippen molar-refractivity contribution >= 4 is 45.3 Å². The van der Waals surface area contributed by atoms with Crippen molar-refractivity contribution in [2.24, 2.45) is 17.8 Å². The number of rotatable bonds is 5. The van der Waals surface area contributed by atoms with E-state index in [0.717, 1.165) is 10.5 Å². The molecule has 1 saturated heterocycles. The van der Waals surface area contributed by atoms with Crippen molar-refractivity contribution in [3.8, 4) is 5.75 Å². The van der Waals surface area contributed by atoms with E-state index in [0.29, 0.717) is 33.2 Å². The number of carbonyl (C=O) groups excluding carboxylic acids is 4. The zero-order chi connectivity index (χ0) is 25.9. The number of amides is 2. The maximum atomic E-state index is 13.5. The smallest absolute Gasteiger partial charge is 0.303 e. The molecule has 0 aromatic heterocycles. The minimum Gasteiger partial charge on any atom is -0.508 e. The number of Topliss-reactive ketones (excluding diaryl/α,β-unsaturated/α-hetero) is 1. The zero-order valence-corrected chi connectivity index (χ0v) is 21.1. The molecule has 8 nitrogen and oxygen atoms in total. The molecular weight excluding hydrogens is 530 g/mol. The molecule has 3 aliphatic carbocycles. The van der Waals surface area contributed by atoms with Gasteiger partial charge in [0.05, 0.1) is 11.8 Å². The van der Waals surface area contributed by atoms with E-state index in [1.54, 1.807) is 19.1 Å². The number of aromatic hydroxyl groups is 1. The van der Waals surface area contributed by atoms with Crippen LogP contribution in [-0.2, 0) is 24.0 Å². The number of aliphatic carboxylic acids is 1. The molecule has 1 fully saturated rings. The monoisotopic (exact) mass is 553 g/mol. The minimum absolute atomic E-state index is 0.0299. The van der Waals surface area contributed by atoms with Crippen molar-refractivity contribution in [1.29, 1.82) is 0 Å². The number of imide groups is 1. The van der Waals surface area contributed by atoms with Crippen LogP contribution >= 0.6 is 15.9 Å². The lowest BCUT2D eigenvalue weighted by Gasteiger charge is -2.42. The number of carbonyl (C=O) groups is 5. The lowest BCUT2D eigenvalue weighted by Crippen LogP contribution is -2.40. The molecule has 0 spiro atoms. The highest BCUT2D eigenvalue weighted by atomic mass is 79.9. The summed E-state index contributed by atoms with van der Waals surface area (Å²) in [5.74, 6) is -4.79. The predicted molar refractivity (Wildman–Crippen MR) is 131 cm³/mol. The van der Waals surface area contributed by atoms with Crippen LogP contribution in [0.5, 0.6) is 5.75 Å². The Hall–Kier alpha value is -3.33. The summed E-state index contributed by atoms with van der Waals surface area (Å²) in [5, 5.41) is 19.7. The molecule has 9 heteroatoms. The fraction of sp³-hybridized carbons (Fsp3) is 0.370. The SMILES string of the molecule is CC1=CC(=O)C2=C(C1=O)[C@@H](c1cc(Br)ccc1O)C1=CC[C@@H]3C(=O)N(CCCC(=O)O)C(=O)[C@@H]3[C@@H]1C2. The van der Waals surface area contributed by atoms with Gasteiger partial charge >= 0.3 is 5.97 Å². The van der Waals surface area contributed by atoms with E-state index in [4.69, 9.17) is 5.11 Å². The highest BCUT2D eigenvalue weighted by Gasteiger charge is 2.56. The van der Waals surface area contributed by atoms with Crippen molar-refractivity contribution in [1.82, 2.24) is 4.90 Å². The van der Waals surface area contributed by atoms with Crippen LogP contribution in [0, 0.1) is 17.8 Å². The van der Waals surface area contributed by atoms with Crippen LogP contribution in [0.3, 0.4) is 0 Å². The van der Waals surface area contributed by atoms with Crippen LogP contribution in [0.1, 0.15) is 44.1 Å².